The lowest BCUT2D eigenvalue weighted by Gasteiger charge is -2.36. The van der Waals surface area contributed by atoms with Crippen LogP contribution in [0.3, 0.4) is 0 Å². The molecule has 0 bridgehead atoms. The quantitative estimate of drug-likeness (QED) is 0.836. The summed E-state index contributed by atoms with van der Waals surface area (Å²) >= 11 is 0. The molecule has 1 aromatic rings. The topological polar surface area (TPSA) is 84.1 Å². The van der Waals surface area contributed by atoms with Gasteiger partial charge in [0.25, 0.3) is 0 Å². The molecule has 1 aromatic heterocycles. The van der Waals surface area contributed by atoms with Crippen molar-refractivity contribution in [3.05, 3.63) is 11.9 Å². The highest BCUT2D eigenvalue weighted by Crippen LogP contribution is 2.26. The molecule has 6 heteroatoms. The van der Waals surface area contributed by atoms with Gasteiger partial charge >= 0.3 is 0 Å². The molecule has 1 atom stereocenters. The van der Waals surface area contributed by atoms with Gasteiger partial charge in [-0.1, -0.05) is 20.3 Å². The molecule has 1 aliphatic heterocycles. The van der Waals surface area contributed by atoms with Gasteiger partial charge in [0.1, 0.15) is 24.0 Å². The first-order chi connectivity index (χ1) is 9.19. The van der Waals surface area contributed by atoms with Crippen molar-refractivity contribution in [3.8, 4) is 0 Å². The van der Waals surface area contributed by atoms with Gasteiger partial charge in [0, 0.05) is 18.7 Å². The molecule has 3 N–H and O–H groups in total. The van der Waals surface area contributed by atoms with Crippen LogP contribution in [-0.4, -0.2) is 35.0 Å². The summed E-state index contributed by atoms with van der Waals surface area (Å²) in [5, 5.41) is 2.89. The summed E-state index contributed by atoms with van der Waals surface area (Å²) in [6, 6.07) is -0.168. The smallest absolute Gasteiger partial charge is 0.242 e. The number of nitrogens with zero attached hydrogens (tertiary/aromatic N) is 3. The summed E-state index contributed by atoms with van der Waals surface area (Å²) in [4.78, 5) is 22.4. The van der Waals surface area contributed by atoms with E-state index >= 15 is 0 Å². The molecule has 6 nitrogen and oxygen atoms in total. The van der Waals surface area contributed by atoms with Gasteiger partial charge in [-0.15, -0.1) is 0 Å². The Hall–Kier alpha value is -1.85. The SMILES string of the molecule is CCCc1c(N)ncnc1N1CCNC(=O)C1CC. The Bertz CT molecular complexity index is 462. The minimum atomic E-state index is -0.168. The molecule has 0 aromatic carbocycles. The molecule has 1 amide bonds. The third-order valence-corrected chi connectivity index (χ3v) is 3.45. The number of hydrogen-bond donors (Lipinski definition) is 2. The molecule has 1 unspecified atom stereocenters. The van der Waals surface area contributed by atoms with Crippen LogP contribution in [0.15, 0.2) is 6.33 Å². The number of nitrogens with one attached hydrogen (secondary N) is 1. The van der Waals surface area contributed by atoms with Gasteiger partial charge in [-0.25, -0.2) is 9.97 Å². The monoisotopic (exact) mass is 263 g/mol. The van der Waals surface area contributed by atoms with Crippen molar-refractivity contribution >= 4 is 17.5 Å². The number of carbonyl (C=O) groups is 1. The first-order valence-electron chi connectivity index (χ1n) is 6.82. The van der Waals surface area contributed by atoms with Crippen molar-refractivity contribution < 1.29 is 4.79 Å². The fourth-order valence-electron chi connectivity index (χ4n) is 2.53. The van der Waals surface area contributed by atoms with Crippen LogP contribution in [-0.2, 0) is 11.2 Å². The highest BCUT2D eigenvalue weighted by atomic mass is 16.2. The fraction of sp³-hybridized carbons (Fsp3) is 0.615. The van der Waals surface area contributed by atoms with E-state index in [4.69, 9.17) is 5.73 Å². The number of nitrogen functional groups attached to an aromatic ring is 1. The summed E-state index contributed by atoms with van der Waals surface area (Å²) in [5.74, 6) is 1.40. The number of hydrogen-bond acceptors (Lipinski definition) is 5. The first-order valence-corrected chi connectivity index (χ1v) is 6.82. The van der Waals surface area contributed by atoms with Crippen molar-refractivity contribution in [2.75, 3.05) is 23.7 Å². The first kappa shape index (κ1) is 13.6. The fourth-order valence-corrected chi connectivity index (χ4v) is 2.53. The Labute approximate surface area is 113 Å². The van der Waals surface area contributed by atoms with Crippen LogP contribution in [0, 0.1) is 0 Å². The van der Waals surface area contributed by atoms with Gasteiger partial charge in [0.05, 0.1) is 0 Å². The lowest BCUT2D eigenvalue weighted by atomic mass is 10.1. The molecule has 104 valence electrons. The zero-order valence-electron chi connectivity index (χ0n) is 11.5. The van der Waals surface area contributed by atoms with Crippen LogP contribution < -0.4 is 16.0 Å². The van der Waals surface area contributed by atoms with Gasteiger partial charge in [0.15, 0.2) is 0 Å². The Morgan fingerprint density at radius 1 is 1.47 bits per heavy atom. The van der Waals surface area contributed by atoms with Crippen LogP contribution in [0.5, 0.6) is 0 Å². The van der Waals surface area contributed by atoms with Crippen LogP contribution in [0.1, 0.15) is 32.3 Å². The molecule has 19 heavy (non-hydrogen) atoms. The van der Waals surface area contributed by atoms with Gasteiger partial charge in [-0.2, -0.15) is 0 Å². The van der Waals surface area contributed by atoms with Gasteiger partial charge < -0.3 is 16.0 Å². The lowest BCUT2D eigenvalue weighted by Crippen LogP contribution is -2.55. The maximum absolute atomic E-state index is 11.9. The number of nitrogens with two attached hydrogens (primary N) is 1. The van der Waals surface area contributed by atoms with Crippen LogP contribution in [0.25, 0.3) is 0 Å². The molecule has 0 spiro atoms. The van der Waals surface area contributed by atoms with E-state index in [2.05, 4.69) is 27.1 Å². The Kier molecular flexibility index (Phi) is 4.19. The maximum Gasteiger partial charge on any atom is 0.242 e. The predicted octanol–water partition coefficient (Wildman–Crippen LogP) is 0.726. The zero-order chi connectivity index (χ0) is 13.8. The Balaban J connectivity index is 2.39. The van der Waals surface area contributed by atoms with Gasteiger partial charge in [0.2, 0.25) is 5.91 Å². The maximum atomic E-state index is 11.9. The Morgan fingerprint density at radius 2 is 2.26 bits per heavy atom. The van der Waals surface area contributed by atoms with E-state index in [0.717, 1.165) is 37.2 Å². The van der Waals surface area contributed by atoms with Crippen LogP contribution in [0.2, 0.25) is 0 Å². The van der Waals surface area contributed by atoms with Crippen molar-refractivity contribution in [1.82, 2.24) is 15.3 Å². The summed E-state index contributed by atoms with van der Waals surface area (Å²) < 4.78 is 0. The van der Waals surface area contributed by atoms with Crippen molar-refractivity contribution in [1.29, 1.82) is 0 Å². The molecule has 0 aliphatic carbocycles. The van der Waals surface area contributed by atoms with E-state index in [-0.39, 0.29) is 11.9 Å². The third kappa shape index (κ3) is 2.62. The average molecular weight is 263 g/mol. The number of anilines is 2. The lowest BCUT2D eigenvalue weighted by molar-refractivity contribution is -0.123. The van der Waals surface area contributed by atoms with Gasteiger partial charge in [-0.3, -0.25) is 4.79 Å². The van der Waals surface area contributed by atoms with Crippen molar-refractivity contribution in [2.24, 2.45) is 0 Å². The Morgan fingerprint density at radius 3 is 2.95 bits per heavy atom. The summed E-state index contributed by atoms with van der Waals surface area (Å²) in [6.07, 6.45) is 4.03. The molecular weight excluding hydrogens is 242 g/mol. The normalized spacial score (nSPS) is 19.4. The van der Waals surface area contributed by atoms with Crippen molar-refractivity contribution in [2.45, 2.75) is 39.2 Å². The highest BCUT2D eigenvalue weighted by molar-refractivity contribution is 5.86. The molecule has 0 saturated carbocycles. The largest absolute Gasteiger partial charge is 0.383 e. The molecule has 1 aliphatic rings. The second-order valence-corrected chi connectivity index (χ2v) is 4.72. The standard InChI is InChI=1S/C13H21N5O/c1-3-5-9-11(14)16-8-17-12(9)18-7-6-15-13(19)10(18)4-2/h8,10H,3-7H2,1-2H3,(H,15,19)(H2,14,16,17). The summed E-state index contributed by atoms with van der Waals surface area (Å²) in [5.41, 5.74) is 6.91. The van der Waals surface area contributed by atoms with E-state index in [0.29, 0.717) is 12.4 Å². The van der Waals surface area contributed by atoms with E-state index in [1.165, 1.54) is 6.33 Å². The number of carbonyl (C=O) groups excluding carboxylic acids is 1. The predicted molar refractivity (Wildman–Crippen MR) is 74.9 cm³/mol. The molecular formula is C13H21N5O. The molecule has 2 heterocycles. The molecule has 1 fully saturated rings. The van der Waals surface area contributed by atoms with E-state index in [9.17, 15) is 4.79 Å². The van der Waals surface area contributed by atoms with Crippen molar-refractivity contribution in [3.63, 3.8) is 0 Å². The second-order valence-electron chi connectivity index (χ2n) is 4.72. The van der Waals surface area contributed by atoms with Crippen LogP contribution >= 0.6 is 0 Å². The van der Waals surface area contributed by atoms with E-state index in [1.807, 2.05) is 6.92 Å². The summed E-state index contributed by atoms with van der Waals surface area (Å²) in [7, 11) is 0. The number of aromatic nitrogens is 2. The average Bonchev–Trinajstić information content (AvgIpc) is 2.41. The second kappa shape index (κ2) is 5.86. The number of amides is 1. The minimum absolute atomic E-state index is 0.0633. The molecule has 1 saturated heterocycles. The third-order valence-electron chi connectivity index (χ3n) is 3.45. The van der Waals surface area contributed by atoms with E-state index in [1.54, 1.807) is 0 Å². The summed E-state index contributed by atoms with van der Waals surface area (Å²) in [6.45, 7) is 5.51. The number of piperazine rings is 1. The highest BCUT2D eigenvalue weighted by Gasteiger charge is 2.30. The van der Waals surface area contributed by atoms with Crippen LogP contribution in [0.4, 0.5) is 11.6 Å². The molecule has 0 radical (unpaired) electrons. The van der Waals surface area contributed by atoms with E-state index < -0.39 is 0 Å². The zero-order valence-corrected chi connectivity index (χ0v) is 11.5. The van der Waals surface area contributed by atoms with Gasteiger partial charge in [-0.05, 0) is 12.8 Å². The molecule has 2 rings (SSSR count). The minimum Gasteiger partial charge on any atom is -0.383 e. The number of rotatable bonds is 4.